The van der Waals surface area contributed by atoms with Crippen LogP contribution >= 0.6 is 0 Å². The molecule has 4 heteroatoms. The van der Waals surface area contributed by atoms with E-state index in [1.807, 2.05) is 25.1 Å². The van der Waals surface area contributed by atoms with E-state index in [9.17, 15) is 5.11 Å². The molecule has 1 saturated heterocycles. The van der Waals surface area contributed by atoms with E-state index in [1.54, 1.807) is 0 Å². The lowest BCUT2D eigenvalue weighted by Gasteiger charge is -2.32. The Hall–Kier alpha value is -1.13. The molecule has 17 heavy (non-hydrogen) atoms. The molecule has 0 radical (unpaired) electrons. The van der Waals surface area contributed by atoms with Crippen LogP contribution in [0.15, 0.2) is 18.2 Å². The summed E-state index contributed by atoms with van der Waals surface area (Å²) in [6, 6.07) is 5.76. The van der Waals surface area contributed by atoms with Crippen molar-refractivity contribution in [2.75, 3.05) is 18.8 Å². The van der Waals surface area contributed by atoms with Crippen molar-refractivity contribution in [1.82, 2.24) is 9.88 Å². The van der Waals surface area contributed by atoms with Crippen LogP contribution in [0.5, 0.6) is 0 Å². The van der Waals surface area contributed by atoms with Crippen molar-refractivity contribution < 1.29 is 5.11 Å². The number of aliphatic hydroxyl groups is 1. The maximum atomic E-state index is 9.54. The molecule has 4 nitrogen and oxygen atoms in total. The van der Waals surface area contributed by atoms with Crippen molar-refractivity contribution in [3.8, 4) is 0 Å². The van der Waals surface area contributed by atoms with Gasteiger partial charge in [-0.05, 0) is 50.9 Å². The maximum absolute atomic E-state index is 9.54. The predicted molar refractivity (Wildman–Crippen MR) is 68.3 cm³/mol. The summed E-state index contributed by atoms with van der Waals surface area (Å²) in [5.41, 5.74) is 6.69. The van der Waals surface area contributed by atoms with E-state index < -0.39 is 0 Å². The minimum absolute atomic E-state index is 0.178. The zero-order valence-electron chi connectivity index (χ0n) is 10.3. The third-order valence-electron chi connectivity index (χ3n) is 3.53. The van der Waals surface area contributed by atoms with Crippen LogP contribution in [-0.4, -0.2) is 34.2 Å². The molecule has 1 aliphatic rings. The molecule has 0 amide bonds. The summed E-state index contributed by atoms with van der Waals surface area (Å²) in [5.74, 6) is 1.04. The van der Waals surface area contributed by atoms with Gasteiger partial charge in [0.15, 0.2) is 0 Å². The van der Waals surface area contributed by atoms with Crippen LogP contribution < -0.4 is 5.73 Å². The molecule has 1 aliphatic heterocycles. The zero-order valence-corrected chi connectivity index (χ0v) is 10.3. The second-order valence-electron chi connectivity index (χ2n) is 4.91. The molecule has 0 aliphatic carbocycles. The fraction of sp³-hybridized carbons (Fsp3) is 0.615. The van der Waals surface area contributed by atoms with Crippen LogP contribution in [0, 0.1) is 5.92 Å². The molecule has 2 heterocycles. The summed E-state index contributed by atoms with van der Waals surface area (Å²) in [5, 5.41) is 9.54. The lowest BCUT2D eigenvalue weighted by Crippen LogP contribution is -2.36. The highest BCUT2D eigenvalue weighted by atomic mass is 16.3. The minimum atomic E-state index is -0.178. The van der Waals surface area contributed by atoms with E-state index >= 15 is 0 Å². The van der Waals surface area contributed by atoms with Crippen molar-refractivity contribution in [2.24, 2.45) is 5.92 Å². The minimum Gasteiger partial charge on any atom is -0.393 e. The third-order valence-corrected chi connectivity index (χ3v) is 3.53. The summed E-state index contributed by atoms with van der Waals surface area (Å²) in [6.45, 7) is 4.81. The van der Waals surface area contributed by atoms with Crippen molar-refractivity contribution >= 4 is 5.82 Å². The molecule has 1 aromatic rings. The number of hydrogen-bond acceptors (Lipinski definition) is 4. The fourth-order valence-corrected chi connectivity index (χ4v) is 2.41. The first-order valence-electron chi connectivity index (χ1n) is 6.27. The topological polar surface area (TPSA) is 62.4 Å². The fourth-order valence-electron chi connectivity index (χ4n) is 2.41. The number of anilines is 1. The first kappa shape index (κ1) is 12.3. The molecule has 1 unspecified atom stereocenters. The molecule has 2 rings (SSSR count). The molecule has 94 valence electrons. The normalized spacial score (nSPS) is 20.4. The summed E-state index contributed by atoms with van der Waals surface area (Å²) in [4.78, 5) is 6.68. The van der Waals surface area contributed by atoms with Crippen molar-refractivity contribution in [3.05, 3.63) is 23.9 Å². The summed E-state index contributed by atoms with van der Waals surface area (Å²) in [6.07, 6.45) is 1.96. The second kappa shape index (κ2) is 5.47. The quantitative estimate of drug-likeness (QED) is 0.828. The van der Waals surface area contributed by atoms with Crippen molar-refractivity contribution in [2.45, 2.75) is 32.4 Å². The monoisotopic (exact) mass is 235 g/mol. The van der Waals surface area contributed by atoms with Gasteiger partial charge in [0.2, 0.25) is 0 Å². The first-order valence-corrected chi connectivity index (χ1v) is 6.27. The molecule has 1 aromatic heterocycles. The Balaban J connectivity index is 1.86. The number of rotatable bonds is 3. The van der Waals surface area contributed by atoms with Crippen molar-refractivity contribution in [3.63, 3.8) is 0 Å². The first-order chi connectivity index (χ1) is 8.15. The van der Waals surface area contributed by atoms with Gasteiger partial charge >= 0.3 is 0 Å². The van der Waals surface area contributed by atoms with Gasteiger partial charge in [-0.3, -0.25) is 4.90 Å². The van der Waals surface area contributed by atoms with Gasteiger partial charge < -0.3 is 10.8 Å². The maximum Gasteiger partial charge on any atom is 0.123 e. The zero-order chi connectivity index (χ0) is 12.3. The Morgan fingerprint density at radius 1 is 1.47 bits per heavy atom. The molecular weight excluding hydrogens is 214 g/mol. The molecule has 0 spiro atoms. The SMILES string of the molecule is CC(O)C1CCN(Cc2cccc(N)n2)CC1. The van der Waals surface area contributed by atoms with Crippen LogP contribution in [0.25, 0.3) is 0 Å². The Labute approximate surface area is 102 Å². The van der Waals surface area contributed by atoms with Crippen LogP contribution in [0.2, 0.25) is 0 Å². The molecule has 3 N–H and O–H groups in total. The van der Waals surface area contributed by atoms with Gasteiger partial charge in [-0.25, -0.2) is 4.98 Å². The van der Waals surface area contributed by atoms with Gasteiger partial charge in [0.05, 0.1) is 11.8 Å². The standard InChI is InChI=1S/C13H21N3O/c1-10(17)11-5-7-16(8-6-11)9-12-3-2-4-13(14)15-12/h2-4,10-11,17H,5-9H2,1H3,(H2,14,15). The van der Waals surface area contributed by atoms with Crippen LogP contribution in [-0.2, 0) is 6.54 Å². The van der Waals surface area contributed by atoms with Gasteiger partial charge in [0, 0.05) is 6.54 Å². The lowest BCUT2D eigenvalue weighted by atomic mass is 9.92. The number of pyridine rings is 1. The van der Waals surface area contributed by atoms with Crippen LogP contribution in [0.4, 0.5) is 5.82 Å². The Morgan fingerprint density at radius 2 is 2.18 bits per heavy atom. The Morgan fingerprint density at radius 3 is 2.76 bits per heavy atom. The average Bonchev–Trinajstić information content (AvgIpc) is 2.29. The van der Waals surface area contributed by atoms with Gasteiger partial charge in [-0.2, -0.15) is 0 Å². The van der Waals surface area contributed by atoms with Gasteiger partial charge in [-0.15, -0.1) is 0 Å². The smallest absolute Gasteiger partial charge is 0.123 e. The lowest BCUT2D eigenvalue weighted by molar-refractivity contribution is 0.0692. The number of nitrogens with zero attached hydrogens (tertiary/aromatic N) is 2. The molecule has 1 atom stereocenters. The number of hydrogen-bond donors (Lipinski definition) is 2. The molecule has 0 saturated carbocycles. The average molecular weight is 235 g/mol. The summed E-state index contributed by atoms with van der Waals surface area (Å²) >= 11 is 0. The Bertz CT molecular complexity index is 359. The number of piperidine rings is 1. The van der Waals surface area contributed by atoms with Crippen LogP contribution in [0.1, 0.15) is 25.5 Å². The number of aromatic nitrogens is 1. The predicted octanol–water partition coefficient (Wildman–Crippen LogP) is 1.26. The largest absolute Gasteiger partial charge is 0.393 e. The van der Waals surface area contributed by atoms with Crippen LogP contribution in [0.3, 0.4) is 0 Å². The van der Waals surface area contributed by atoms with E-state index in [2.05, 4.69) is 9.88 Å². The van der Waals surface area contributed by atoms with E-state index in [4.69, 9.17) is 5.73 Å². The van der Waals surface area contributed by atoms with Gasteiger partial charge in [-0.1, -0.05) is 6.07 Å². The highest BCUT2D eigenvalue weighted by molar-refractivity contribution is 5.28. The molecule has 1 fully saturated rings. The number of nitrogen functional groups attached to an aromatic ring is 1. The summed E-state index contributed by atoms with van der Waals surface area (Å²) in [7, 11) is 0. The van der Waals surface area contributed by atoms with Gasteiger partial charge in [0.25, 0.3) is 0 Å². The molecule has 0 aromatic carbocycles. The number of nitrogens with two attached hydrogens (primary N) is 1. The van der Waals surface area contributed by atoms with E-state index in [-0.39, 0.29) is 6.10 Å². The van der Waals surface area contributed by atoms with E-state index in [0.29, 0.717) is 11.7 Å². The second-order valence-corrected chi connectivity index (χ2v) is 4.91. The number of likely N-dealkylation sites (tertiary alicyclic amines) is 1. The van der Waals surface area contributed by atoms with E-state index in [0.717, 1.165) is 38.2 Å². The highest BCUT2D eigenvalue weighted by Gasteiger charge is 2.22. The Kier molecular flexibility index (Phi) is 3.97. The van der Waals surface area contributed by atoms with Crippen molar-refractivity contribution in [1.29, 1.82) is 0 Å². The van der Waals surface area contributed by atoms with E-state index in [1.165, 1.54) is 0 Å². The summed E-state index contributed by atoms with van der Waals surface area (Å²) < 4.78 is 0. The van der Waals surface area contributed by atoms with Gasteiger partial charge in [0.1, 0.15) is 5.82 Å². The molecular formula is C13H21N3O. The highest BCUT2D eigenvalue weighted by Crippen LogP contribution is 2.21. The molecule has 0 bridgehead atoms. The third kappa shape index (κ3) is 3.41. The number of aliphatic hydroxyl groups excluding tert-OH is 1.